The van der Waals surface area contributed by atoms with Gasteiger partial charge in [0.05, 0.1) is 5.54 Å². The first kappa shape index (κ1) is 13.7. The Morgan fingerprint density at radius 1 is 1.24 bits per heavy atom. The van der Waals surface area contributed by atoms with Crippen LogP contribution < -0.4 is 5.84 Å². The largest absolute Gasteiger partial charge is 0.271 e. The maximum Gasteiger partial charge on any atom is 0.268 e. The molecule has 1 amide bonds. The molecule has 3 heteroatoms. The van der Waals surface area contributed by atoms with Gasteiger partial charge in [-0.3, -0.25) is 9.80 Å². The van der Waals surface area contributed by atoms with Gasteiger partial charge < -0.3 is 0 Å². The highest BCUT2D eigenvalue weighted by Gasteiger charge is 2.26. The van der Waals surface area contributed by atoms with E-state index in [2.05, 4.69) is 13.8 Å². The van der Waals surface area contributed by atoms with Crippen molar-refractivity contribution in [2.75, 3.05) is 0 Å². The van der Waals surface area contributed by atoms with Crippen LogP contribution in [-0.2, 0) is 0 Å². The standard InChI is InChI=1S/C14H22N2O/c1-10(2)11-8-6-7-9-12(11)13(17)16(15)14(3,4)5/h6-10H,15H2,1-5H3. The van der Waals surface area contributed by atoms with Gasteiger partial charge in [-0.25, -0.2) is 5.84 Å². The third-order valence-corrected chi connectivity index (χ3v) is 2.75. The summed E-state index contributed by atoms with van der Waals surface area (Å²) < 4.78 is 0. The minimum Gasteiger partial charge on any atom is -0.271 e. The molecular weight excluding hydrogens is 212 g/mol. The zero-order chi connectivity index (χ0) is 13.2. The number of hydrazine groups is 1. The zero-order valence-electron chi connectivity index (χ0n) is 11.3. The van der Waals surface area contributed by atoms with E-state index < -0.39 is 0 Å². The monoisotopic (exact) mass is 234 g/mol. The van der Waals surface area contributed by atoms with Gasteiger partial charge in [-0.2, -0.15) is 0 Å². The molecule has 0 aliphatic heterocycles. The van der Waals surface area contributed by atoms with Gasteiger partial charge in [0.15, 0.2) is 0 Å². The quantitative estimate of drug-likeness (QED) is 0.486. The summed E-state index contributed by atoms with van der Waals surface area (Å²) in [4.78, 5) is 12.3. The molecule has 0 heterocycles. The number of hydrogen-bond donors (Lipinski definition) is 1. The molecule has 0 aromatic heterocycles. The van der Waals surface area contributed by atoms with E-state index in [9.17, 15) is 4.79 Å². The minimum atomic E-state index is -0.374. The maximum atomic E-state index is 12.3. The van der Waals surface area contributed by atoms with E-state index in [1.807, 2.05) is 45.0 Å². The molecule has 0 atom stereocenters. The Labute approximate surface area is 104 Å². The highest BCUT2D eigenvalue weighted by atomic mass is 16.2. The number of rotatable bonds is 2. The highest BCUT2D eigenvalue weighted by Crippen LogP contribution is 2.22. The van der Waals surface area contributed by atoms with Crippen molar-refractivity contribution >= 4 is 5.91 Å². The van der Waals surface area contributed by atoms with Crippen LogP contribution in [-0.4, -0.2) is 16.5 Å². The van der Waals surface area contributed by atoms with E-state index in [1.165, 1.54) is 5.01 Å². The average molecular weight is 234 g/mol. The lowest BCUT2D eigenvalue weighted by molar-refractivity contribution is 0.0580. The first-order valence-corrected chi connectivity index (χ1v) is 5.93. The summed E-state index contributed by atoms with van der Waals surface area (Å²) in [6.45, 7) is 9.91. The van der Waals surface area contributed by atoms with Crippen LogP contribution in [0.25, 0.3) is 0 Å². The molecule has 1 rings (SSSR count). The number of benzene rings is 1. The molecule has 0 aliphatic rings. The smallest absolute Gasteiger partial charge is 0.268 e. The summed E-state index contributed by atoms with van der Waals surface area (Å²) in [5.41, 5.74) is 1.36. The molecule has 17 heavy (non-hydrogen) atoms. The van der Waals surface area contributed by atoms with Crippen LogP contribution in [0, 0.1) is 0 Å². The topological polar surface area (TPSA) is 46.3 Å². The van der Waals surface area contributed by atoms with Gasteiger partial charge in [0.2, 0.25) is 0 Å². The molecule has 94 valence electrons. The fourth-order valence-corrected chi connectivity index (χ4v) is 1.63. The predicted molar refractivity (Wildman–Crippen MR) is 70.6 cm³/mol. The van der Waals surface area contributed by atoms with Crippen molar-refractivity contribution in [2.45, 2.75) is 46.1 Å². The second kappa shape index (κ2) is 4.88. The summed E-state index contributed by atoms with van der Waals surface area (Å²) >= 11 is 0. The van der Waals surface area contributed by atoms with Crippen molar-refractivity contribution in [1.82, 2.24) is 5.01 Å². The van der Waals surface area contributed by atoms with Crippen molar-refractivity contribution in [2.24, 2.45) is 5.84 Å². The summed E-state index contributed by atoms with van der Waals surface area (Å²) in [5, 5.41) is 1.30. The Morgan fingerprint density at radius 3 is 2.24 bits per heavy atom. The number of carbonyl (C=O) groups excluding carboxylic acids is 1. The van der Waals surface area contributed by atoms with Crippen LogP contribution in [0.1, 0.15) is 56.5 Å². The third-order valence-electron chi connectivity index (χ3n) is 2.75. The summed E-state index contributed by atoms with van der Waals surface area (Å²) in [7, 11) is 0. The molecule has 0 saturated heterocycles. The summed E-state index contributed by atoms with van der Waals surface area (Å²) in [5.74, 6) is 6.06. The molecule has 2 N–H and O–H groups in total. The maximum absolute atomic E-state index is 12.3. The Hall–Kier alpha value is -1.35. The normalized spacial score (nSPS) is 11.7. The van der Waals surface area contributed by atoms with Crippen molar-refractivity contribution in [1.29, 1.82) is 0 Å². The molecule has 0 spiro atoms. The van der Waals surface area contributed by atoms with Gasteiger partial charge in [0.1, 0.15) is 0 Å². The SMILES string of the molecule is CC(C)c1ccccc1C(=O)N(N)C(C)(C)C. The Morgan fingerprint density at radius 2 is 1.76 bits per heavy atom. The fraction of sp³-hybridized carbons (Fsp3) is 0.500. The first-order chi connectivity index (χ1) is 7.75. The molecule has 0 aliphatic carbocycles. The molecule has 1 aromatic rings. The summed E-state index contributed by atoms with van der Waals surface area (Å²) in [6.07, 6.45) is 0. The van der Waals surface area contributed by atoms with Crippen LogP contribution in [0.15, 0.2) is 24.3 Å². The van der Waals surface area contributed by atoms with Crippen LogP contribution in [0.3, 0.4) is 0 Å². The number of nitrogens with two attached hydrogens (primary N) is 1. The van der Waals surface area contributed by atoms with Gasteiger partial charge >= 0.3 is 0 Å². The second-order valence-corrected chi connectivity index (χ2v) is 5.59. The molecule has 0 fully saturated rings. The van der Waals surface area contributed by atoms with Crippen molar-refractivity contribution in [3.8, 4) is 0 Å². The number of amides is 1. The third kappa shape index (κ3) is 3.07. The van der Waals surface area contributed by atoms with Crippen molar-refractivity contribution < 1.29 is 4.79 Å². The van der Waals surface area contributed by atoms with Gasteiger partial charge in [-0.15, -0.1) is 0 Å². The van der Waals surface area contributed by atoms with E-state index >= 15 is 0 Å². The average Bonchev–Trinajstić information content (AvgIpc) is 2.25. The van der Waals surface area contributed by atoms with Crippen molar-refractivity contribution in [3.63, 3.8) is 0 Å². The highest BCUT2D eigenvalue weighted by molar-refractivity contribution is 5.95. The Kier molecular flexibility index (Phi) is 3.94. The second-order valence-electron chi connectivity index (χ2n) is 5.59. The number of nitrogens with zero attached hydrogens (tertiary/aromatic N) is 1. The van der Waals surface area contributed by atoms with Gasteiger partial charge in [0.25, 0.3) is 5.91 Å². The first-order valence-electron chi connectivity index (χ1n) is 5.93. The lowest BCUT2D eigenvalue weighted by atomic mass is 9.95. The molecule has 3 nitrogen and oxygen atoms in total. The van der Waals surface area contributed by atoms with Crippen LogP contribution in [0.2, 0.25) is 0 Å². The molecule has 0 unspecified atom stereocenters. The lowest BCUT2D eigenvalue weighted by Gasteiger charge is -2.31. The van der Waals surface area contributed by atoms with Crippen LogP contribution in [0.4, 0.5) is 0 Å². The number of carbonyl (C=O) groups is 1. The molecular formula is C14H22N2O. The van der Waals surface area contributed by atoms with Crippen LogP contribution in [0.5, 0.6) is 0 Å². The summed E-state index contributed by atoms with van der Waals surface area (Å²) in [6, 6.07) is 7.64. The zero-order valence-corrected chi connectivity index (χ0v) is 11.3. The fourth-order valence-electron chi connectivity index (χ4n) is 1.63. The van der Waals surface area contributed by atoms with E-state index in [0.29, 0.717) is 11.5 Å². The van der Waals surface area contributed by atoms with Gasteiger partial charge in [-0.1, -0.05) is 32.0 Å². The van der Waals surface area contributed by atoms with E-state index in [-0.39, 0.29) is 11.4 Å². The Balaban J connectivity index is 3.13. The molecule has 0 saturated carbocycles. The van der Waals surface area contributed by atoms with E-state index in [4.69, 9.17) is 5.84 Å². The number of hydrogen-bond acceptors (Lipinski definition) is 2. The molecule has 0 bridgehead atoms. The molecule has 0 radical (unpaired) electrons. The Bertz CT molecular complexity index is 405. The van der Waals surface area contributed by atoms with E-state index in [0.717, 1.165) is 5.56 Å². The van der Waals surface area contributed by atoms with Gasteiger partial charge in [0, 0.05) is 5.56 Å². The predicted octanol–water partition coefficient (Wildman–Crippen LogP) is 2.92. The lowest BCUT2D eigenvalue weighted by Crippen LogP contribution is -2.50. The van der Waals surface area contributed by atoms with Crippen LogP contribution >= 0.6 is 0 Å². The molecule has 1 aromatic carbocycles. The minimum absolute atomic E-state index is 0.123. The van der Waals surface area contributed by atoms with Gasteiger partial charge in [-0.05, 0) is 38.3 Å². The van der Waals surface area contributed by atoms with E-state index in [1.54, 1.807) is 0 Å². The van der Waals surface area contributed by atoms with Crippen molar-refractivity contribution in [3.05, 3.63) is 35.4 Å².